The molecule has 0 spiro atoms. The molecule has 0 aliphatic heterocycles. The van der Waals surface area contributed by atoms with Crippen molar-refractivity contribution in [2.45, 2.75) is 122 Å². The number of rotatable bonds is 4. The van der Waals surface area contributed by atoms with Crippen molar-refractivity contribution in [1.29, 1.82) is 0 Å². The Morgan fingerprint density at radius 2 is 1.63 bits per heavy atom. The van der Waals surface area contributed by atoms with Gasteiger partial charge in [0, 0.05) is 18.3 Å². The standard InChI is InChI=1S/C28H50O5Si2/c1-16-13-19-21(26(19,6)7)22-23(32-35(11,12)25(3,4)5)17(2)24(30)27(31)15-18(29)14-20(27)28(16,22)33-34(8,9)10/h14,16-17,19,21-24,30-31H,13,15H2,1-12H3/t16-,17+,19?,21?,22?,23-,24?,27?,28+/m1/s1. The minimum Gasteiger partial charge on any atom is -0.413 e. The molecule has 0 aromatic heterocycles. The number of hydrogen-bond donors (Lipinski definition) is 2. The third-order valence-corrected chi connectivity index (χ3v) is 16.0. The predicted molar refractivity (Wildman–Crippen MR) is 145 cm³/mol. The third kappa shape index (κ3) is 3.94. The van der Waals surface area contributed by atoms with Gasteiger partial charge < -0.3 is 19.1 Å². The Hall–Kier alpha value is -0.316. The Morgan fingerprint density at radius 1 is 1.06 bits per heavy atom. The van der Waals surface area contributed by atoms with E-state index in [-0.39, 0.29) is 46.5 Å². The first-order valence-electron chi connectivity index (χ1n) is 13.6. The highest BCUT2D eigenvalue weighted by molar-refractivity contribution is 6.74. The van der Waals surface area contributed by atoms with Crippen LogP contribution >= 0.6 is 0 Å². The van der Waals surface area contributed by atoms with Gasteiger partial charge in [-0.1, -0.05) is 48.5 Å². The molecule has 9 atom stereocenters. The summed E-state index contributed by atoms with van der Waals surface area (Å²) in [7, 11) is -4.39. The molecule has 0 saturated heterocycles. The quantitative estimate of drug-likeness (QED) is 0.474. The lowest BCUT2D eigenvalue weighted by Crippen LogP contribution is -2.62. The topological polar surface area (TPSA) is 76.0 Å². The molecule has 2 N–H and O–H groups in total. The van der Waals surface area contributed by atoms with Gasteiger partial charge in [-0.25, -0.2) is 0 Å². The first-order chi connectivity index (χ1) is 15.6. The fraction of sp³-hybridized carbons (Fsp3) is 0.893. The van der Waals surface area contributed by atoms with Gasteiger partial charge in [0.15, 0.2) is 22.4 Å². The van der Waals surface area contributed by atoms with E-state index in [1.165, 1.54) is 0 Å². The van der Waals surface area contributed by atoms with E-state index in [0.29, 0.717) is 17.4 Å². The number of aliphatic hydroxyl groups excluding tert-OH is 1. The fourth-order valence-electron chi connectivity index (χ4n) is 7.78. The highest BCUT2D eigenvalue weighted by Gasteiger charge is 2.76. The van der Waals surface area contributed by atoms with Crippen LogP contribution in [0, 0.1) is 35.0 Å². The van der Waals surface area contributed by atoms with Crippen molar-refractivity contribution in [1.82, 2.24) is 0 Å². The van der Waals surface area contributed by atoms with Gasteiger partial charge in [0.2, 0.25) is 0 Å². The Bertz CT molecular complexity index is 929. The number of allylic oxidation sites excluding steroid dienone is 1. The summed E-state index contributed by atoms with van der Waals surface area (Å²) in [5, 5.41) is 24.0. The second kappa shape index (κ2) is 7.85. The lowest BCUT2D eigenvalue weighted by atomic mass is 9.62. The Kier molecular flexibility index (Phi) is 6.22. The van der Waals surface area contributed by atoms with E-state index < -0.39 is 33.9 Å². The van der Waals surface area contributed by atoms with Gasteiger partial charge in [-0.05, 0) is 79.0 Å². The van der Waals surface area contributed by atoms with Crippen LogP contribution in [0.3, 0.4) is 0 Å². The van der Waals surface area contributed by atoms with Crippen molar-refractivity contribution < 1.29 is 23.9 Å². The van der Waals surface area contributed by atoms with E-state index in [2.05, 4.69) is 74.3 Å². The maximum absolute atomic E-state index is 12.9. The van der Waals surface area contributed by atoms with Gasteiger partial charge >= 0.3 is 0 Å². The molecule has 5 nitrogen and oxygen atoms in total. The second-order valence-electron chi connectivity index (χ2n) is 15.4. The van der Waals surface area contributed by atoms with Crippen LogP contribution in [-0.2, 0) is 13.6 Å². The predicted octanol–water partition coefficient (Wildman–Crippen LogP) is 5.54. The highest BCUT2D eigenvalue weighted by Crippen LogP contribution is 2.74. The molecule has 200 valence electrons. The fourth-order valence-corrected chi connectivity index (χ4v) is 10.6. The van der Waals surface area contributed by atoms with Crippen molar-refractivity contribution >= 4 is 22.4 Å². The van der Waals surface area contributed by atoms with E-state index >= 15 is 0 Å². The summed E-state index contributed by atoms with van der Waals surface area (Å²) in [5.41, 5.74) is -1.66. The zero-order valence-electron chi connectivity index (χ0n) is 24.2. The largest absolute Gasteiger partial charge is 0.413 e. The number of hydrogen-bond acceptors (Lipinski definition) is 5. The highest BCUT2D eigenvalue weighted by atomic mass is 28.4. The Labute approximate surface area is 215 Å². The number of aliphatic hydroxyl groups is 2. The van der Waals surface area contributed by atoms with Gasteiger partial charge in [0.1, 0.15) is 5.60 Å². The van der Waals surface area contributed by atoms with Crippen molar-refractivity contribution in [3.8, 4) is 0 Å². The molecule has 35 heavy (non-hydrogen) atoms. The third-order valence-electron chi connectivity index (χ3n) is 10.6. The van der Waals surface area contributed by atoms with Crippen molar-refractivity contribution in [2.75, 3.05) is 0 Å². The van der Waals surface area contributed by atoms with Crippen LogP contribution in [0.15, 0.2) is 11.6 Å². The van der Waals surface area contributed by atoms with Crippen LogP contribution < -0.4 is 0 Å². The first-order valence-corrected chi connectivity index (χ1v) is 20.0. The van der Waals surface area contributed by atoms with Crippen LogP contribution in [0.2, 0.25) is 37.8 Å². The van der Waals surface area contributed by atoms with Gasteiger partial charge in [0.05, 0.1) is 17.8 Å². The van der Waals surface area contributed by atoms with Crippen molar-refractivity contribution in [3.63, 3.8) is 0 Å². The molecule has 4 aliphatic carbocycles. The zero-order chi connectivity index (χ0) is 26.7. The molecule has 0 aromatic rings. The van der Waals surface area contributed by atoms with Gasteiger partial charge in [-0.3, -0.25) is 4.79 Å². The SMILES string of the molecule is C[C@@H]1C(O)C2(O)CC(=O)C=C2[C@]2(O[Si](C)(C)C)C(C3C(C[C@H]2C)C3(C)C)[C@@H]1O[Si](C)(C)C(C)(C)C. The molecule has 0 amide bonds. The lowest BCUT2D eigenvalue weighted by Gasteiger charge is -2.56. The monoisotopic (exact) mass is 522 g/mol. The van der Waals surface area contributed by atoms with Crippen LogP contribution in [0.4, 0.5) is 0 Å². The minimum absolute atomic E-state index is 0.00697. The lowest BCUT2D eigenvalue weighted by molar-refractivity contribution is -0.124. The average Bonchev–Trinajstić information content (AvgIpc) is 3.05. The maximum atomic E-state index is 12.9. The van der Waals surface area contributed by atoms with E-state index in [1.54, 1.807) is 6.08 Å². The van der Waals surface area contributed by atoms with Crippen LogP contribution in [0.5, 0.6) is 0 Å². The number of ketones is 1. The molecular weight excluding hydrogens is 472 g/mol. The molecule has 0 bridgehead atoms. The smallest absolute Gasteiger partial charge is 0.192 e. The molecule has 4 aliphatic rings. The van der Waals surface area contributed by atoms with Crippen molar-refractivity contribution in [3.05, 3.63) is 11.6 Å². The zero-order valence-corrected chi connectivity index (χ0v) is 26.2. The summed E-state index contributed by atoms with van der Waals surface area (Å²) in [4.78, 5) is 12.9. The van der Waals surface area contributed by atoms with Crippen LogP contribution in [-0.4, -0.2) is 56.0 Å². The van der Waals surface area contributed by atoms with Crippen LogP contribution in [0.1, 0.15) is 61.3 Å². The number of carbonyl (C=O) groups excluding carboxylic acids is 1. The summed E-state index contributed by atoms with van der Waals surface area (Å²) in [6.07, 6.45) is 1.22. The normalized spacial score (nSPS) is 45.3. The molecule has 4 rings (SSSR count). The minimum atomic E-state index is -2.23. The molecular formula is C28H50O5Si2. The first kappa shape index (κ1) is 27.7. The molecule has 5 unspecified atom stereocenters. The van der Waals surface area contributed by atoms with E-state index in [4.69, 9.17) is 8.85 Å². The van der Waals surface area contributed by atoms with Gasteiger partial charge in [-0.2, -0.15) is 0 Å². The van der Waals surface area contributed by atoms with E-state index in [0.717, 1.165) is 6.42 Å². The molecule has 7 heteroatoms. The molecule has 3 saturated carbocycles. The summed E-state index contributed by atoms with van der Waals surface area (Å²) in [6.45, 7) is 26.9. The van der Waals surface area contributed by atoms with E-state index in [1.807, 2.05) is 6.92 Å². The van der Waals surface area contributed by atoms with Crippen molar-refractivity contribution in [2.24, 2.45) is 35.0 Å². The molecule has 0 aromatic carbocycles. The Morgan fingerprint density at radius 3 is 2.14 bits per heavy atom. The summed E-state index contributed by atoms with van der Waals surface area (Å²) >= 11 is 0. The Balaban J connectivity index is 2.02. The van der Waals surface area contributed by atoms with Gasteiger partial charge in [0.25, 0.3) is 0 Å². The second-order valence-corrected chi connectivity index (χ2v) is 24.6. The summed E-state index contributed by atoms with van der Waals surface area (Å²) in [5.74, 6) is 0.553. The molecule has 3 fully saturated rings. The number of carbonyl (C=O) groups is 1. The summed E-state index contributed by atoms with van der Waals surface area (Å²) < 4.78 is 14.6. The number of fused-ring (bicyclic) bond motifs is 5. The van der Waals surface area contributed by atoms with Gasteiger partial charge in [-0.15, -0.1) is 0 Å². The molecule has 0 heterocycles. The van der Waals surface area contributed by atoms with Crippen LogP contribution in [0.25, 0.3) is 0 Å². The molecule has 0 radical (unpaired) electrons. The summed E-state index contributed by atoms with van der Waals surface area (Å²) in [6, 6.07) is 0. The maximum Gasteiger partial charge on any atom is 0.192 e. The average molecular weight is 523 g/mol. The van der Waals surface area contributed by atoms with E-state index in [9.17, 15) is 15.0 Å².